The van der Waals surface area contributed by atoms with Gasteiger partial charge < -0.3 is 14.2 Å². The maximum atomic E-state index is 12.9. The summed E-state index contributed by atoms with van der Waals surface area (Å²) >= 11 is 0. The molecular formula is C67H112O6. The van der Waals surface area contributed by atoms with Crippen LogP contribution in [0.3, 0.4) is 0 Å². The van der Waals surface area contributed by atoms with Crippen LogP contribution in [0, 0.1) is 0 Å². The van der Waals surface area contributed by atoms with Gasteiger partial charge in [-0.25, -0.2) is 0 Å². The van der Waals surface area contributed by atoms with Crippen LogP contribution in [0.25, 0.3) is 0 Å². The Bertz CT molecular complexity index is 1490. The molecule has 0 fully saturated rings. The van der Waals surface area contributed by atoms with E-state index in [1.165, 1.54) is 96.3 Å². The van der Waals surface area contributed by atoms with E-state index in [9.17, 15) is 14.4 Å². The Morgan fingerprint density at radius 1 is 0.288 bits per heavy atom. The Labute approximate surface area is 450 Å². The first-order valence-electron chi connectivity index (χ1n) is 30.4. The van der Waals surface area contributed by atoms with Gasteiger partial charge in [-0.3, -0.25) is 14.4 Å². The van der Waals surface area contributed by atoms with Crippen LogP contribution in [0.15, 0.2) is 109 Å². The standard InChI is InChI=1S/C67H112O6/c1-4-7-10-13-16-19-22-25-27-29-31-32-33-34-36-37-39-42-45-48-51-54-57-60-66(69)72-63-64(62-71-65(68)59-56-53-50-47-44-41-24-21-18-15-12-9-6-3)73-67(70)61-58-55-52-49-46-43-40-38-35-30-28-26-23-20-17-14-11-8-5-2/h7,10,12,15-16,19,21,24-28,31-32,34,36,39,42,64H,4-6,8-9,11,13-14,17-18,20,22-23,29-30,33,35,37-38,40-41,43-63H2,1-3H3/b10-7-,15-12-,19-16-,24-21-,27-25-,28-26-,32-31-,36-34-,42-39-. The first-order chi connectivity index (χ1) is 36.0. The summed E-state index contributed by atoms with van der Waals surface area (Å²) in [5, 5.41) is 0. The highest BCUT2D eigenvalue weighted by molar-refractivity contribution is 5.71. The molecule has 0 heterocycles. The fourth-order valence-corrected chi connectivity index (χ4v) is 8.18. The monoisotopic (exact) mass is 1010 g/mol. The van der Waals surface area contributed by atoms with E-state index in [0.717, 1.165) is 141 Å². The Morgan fingerprint density at radius 3 is 0.904 bits per heavy atom. The second-order valence-electron chi connectivity index (χ2n) is 19.9. The van der Waals surface area contributed by atoms with Crippen molar-refractivity contribution in [1.29, 1.82) is 0 Å². The molecular weight excluding hydrogens is 901 g/mol. The van der Waals surface area contributed by atoms with Gasteiger partial charge in [0, 0.05) is 19.3 Å². The number of ether oxygens (including phenoxy) is 3. The molecule has 0 rings (SSSR count). The van der Waals surface area contributed by atoms with E-state index in [1.807, 2.05) is 0 Å². The van der Waals surface area contributed by atoms with Crippen LogP contribution < -0.4 is 0 Å². The summed E-state index contributed by atoms with van der Waals surface area (Å²) < 4.78 is 16.9. The second kappa shape index (κ2) is 60.6. The lowest BCUT2D eigenvalue weighted by atomic mass is 10.1. The number of hydrogen-bond acceptors (Lipinski definition) is 6. The van der Waals surface area contributed by atoms with Gasteiger partial charge in [-0.1, -0.05) is 246 Å². The highest BCUT2D eigenvalue weighted by Crippen LogP contribution is 2.15. The molecule has 0 bridgehead atoms. The summed E-state index contributed by atoms with van der Waals surface area (Å²) in [6, 6.07) is 0. The van der Waals surface area contributed by atoms with Gasteiger partial charge in [-0.2, -0.15) is 0 Å². The molecule has 0 spiro atoms. The van der Waals surface area contributed by atoms with Gasteiger partial charge in [0.15, 0.2) is 6.10 Å². The van der Waals surface area contributed by atoms with Crippen LogP contribution in [-0.2, 0) is 28.6 Å². The van der Waals surface area contributed by atoms with Gasteiger partial charge in [-0.15, -0.1) is 0 Å². The molecule has 73 heavy (non-hydrogen) atoms. The van der Waals surface area contributed by atoms with Crippen LogP contribution in [0.5, 0.6) is 0 Å². The first-order valence-corrected chi connectivity index (χ1v) is 30.4. The number of rotatable bonds is 54. The van der Waals surface area contributed by atoms with Crippen LogP contribution in [-0.4, -0.2) is 37.2 Å². The molecule has 1 atom stereocenters. The highest BCUT2D eigenvalue weighted by Gasteiger charge is 2.19. The summed E-state index contributed by atoms with van der Waals surface area (Å²) in [4.78, 5) is 38.2. The minimum absolute atomic E-state index is 0.0953. The van der Waals surface area contributed by atoms with E-state index >= 15 is 0 Å². The molecule has 0 saturated heterocycles. The van der Waals surface area contributed by atoms with Crippen LogP contribution in [0.2, 0.25) is 0 Å². The summed E-state index contributed by atoms with van der Waals surface area (Å²) in [5.41, 5.74) is 0. The maximum absolute atomic E-state index is 12.9. The lowest BCUT2D eigenvalue weighted by Crippen LogP contribution is -2.30. The predicted octanol–water partition coefficient (Wildman–Crippen LogP) is 20.7. The number of carbonyl (C=O) groups excluding carboxylic acids is 3. The lowest BCUT2D eigenvalue weighted by Gasteiger charge is -2.18. The van der Waals surface area contributed by atoms with E-state index in [-0.39, 0.29) is 31.1 Å². The normalized spacial score (nSPS) is 12.9. The molecule has 0 N–H and O–H groups in total. The van der Waals surface area contributed by atoms with Gasteiger partial charge in [0.05, 0.1) is 0 Å². The molecule has 0 aliphatic carbocycles. The van der Waals surface area contributed by atoms with Crippen LogP contribution in [0.4, 0.5) is 0 Å². The molecule has 0 aromatic carbocycles. The van der Waals surface area contributed by atoms with Crippen molar-refractivity contribution in [3.8, 4) is 0 Å². The first kappa shape index (κ1) is 69.1. The Balaban J connectivity index is 4.42. The van der Waals surface area contributed by atoms with Gasteiger partial charge in [0.2, 0.25) is 0 Å². The van der Waals surface area contributed by atoms with Crippen LogP contribution in [0.1, 0.15) is 278 Å². The Morgan fingerprint density at radius 2 is 0.562 bits per heavy atom. The zero-order valence-electron chi connectivity index (χ0n) is 47.6. The lowest BCUT2D eigenvalue weighted by molar-refractivity contribution is -0.167. The highest BCUT2D eigenvalue weighted by atomic mass is 16.6. The maximum Gasteiger partial charge on any atom is 0.306 e. The molecule has 1 unspecified atom stereocenters. The van der Waals surface area contributed by atoms with E-state index in [2.05, 4.69) is 130 Å². The van der Waals surface area contributed by atoms with Crippen molar-refractivity contribution < 1.29 is 28.6 Å². The summed E-state index contributed by atoms with van der Waals surface area (Å²) in [6.45, 7) is 6.43. The number of unbranched alkanes of at least 4 members (excludes halogenated alkanes) is 25. The molecule has 0 aliphatic heterocycles. The summed E-state index contributed by atoms with van der Waals surface area (Å²) in [5.74, 6) is -0.932. The predicted molar refractivity (Wildman–Crippen MR) is 316 cm³/mol. The fraction of sp³-hybridized carbons (Fsp3) is 0.687. The van der Waals surface area contributed by atoms with Gasteiger partial charge >= 0.3 is 17.9 Å². The van der Waals surface area contributed by atoms with E-state index in [0.29, 0.717) is 19.3 Å². The van der Waals surface area contributed by atoms with Crippen molar-refractivity contribution in [2.75, 3.05) is 13.2 Å². The van der Waals surface area contributed by atoms with Crippen molar-refractivity contribution >= 4 is 17.9 Å². The molecule has 6 heteroatoms. The van der Waals surface area contributed by atoms with Crippen molar-refractivity contribution in [1.82, 2.24) is 0 Å². The molecule has 0 amide bonds. The fourth-order valence-electron chi connectivity index (χ4n) is 8.18. The molecule has 6 nitrogen and oxygen atoms in total. The third-order valence-electron chi connectivity index (χ3n) is 12.7. The van der Waals surface area contributed by atoms with Gasteiger partial charge in [-0.05, 0) is 122 Å². The summed E-state index contributed by atoms with van der Waals surface area (Å²) in [7, 11) is 0. The molecule has 0 aromatic rings. The third-order valence-corrected chi connectivity index (χ3v) is 12.7. The number of hydrogen-bond donors (Lipinski definition) is 0. The largest absolute Gasteiger partial charge is 0.462 e. The van der Waals surface area contributed by atoms with E-state index < -0.39 is 6.10 Å². The minimum atomic E-state index is -0.798. The molecule has 416 valence electrons. The van der Waals surface area contributed by atoms with Gasteiger partial charge in [0.1, 0.15) is 13.2 Å². The minimum Gasteiger partial charge on any atom is -0.462 e. The molecule has 0 radical (unpaired) electrons. The Hall–Kier alpha value is -3.93. The quantitative estimate of drug-likeness (QED) is 0.0261. The summed E-state index contributed by atoms with van der Waals surface area (Å²) in [6.07, 6.45) is 82.2. The SMILES string of the molecule is CC/C=C\C/C=C\C/C=C\C/C=C\C/C=C\C/C=C\CCCCCCC(=O)OCC(COC(=O)CCCCCCC/C=C\C/C=C\CCC)OC(=O)CCCCCCCCCCC/C=C\CCCCCCCC. The van der Waals surface area contributed by atoms with E-state index in [4.69, 9.17) is 14.2 Å². The number of esters is 3. The van der Waals surface area contributed by atoms with E-state index in [1.54, 1.807) is 0 Å². The Kier molecular flexibility index (Phi) is 57.4. The number of carbonyl (C=O) groups is 3. The average Bonchev–Trinajstić information content (AvgIpc) is 3.39. The van der Waals surface area contributed by atoms with Crippen molar-refractivity contribution in [2.45, 2.75) is 284 Å². The number of allylic oxidation sites excluding steroid dienone is 18. The zero-order chi connectivity index (χ0) is 52.9. The molecule has 0 aromatic heterocycles. The second-order valence-corrected chi connectivity index (χ2v) is 19.9. The average molecular weight is 1010 g/mol. The third kappa shape index (κ3) is 58.8. The van der Waals surface area contributed by atoms with Crippen LogP contribution >= 0.6 is 0 Å². The van der Waals surface area contributed by atoms with Crippen molar-refractivity contribution in [3.63, 3.8) is 0 Å². The smallest absolute Gasteiger partial charge is 0.306 e. The zero-order valence-corrected chi connectivity index (χ0v) is 47.6. The van der Waals surface area contributed by atoms with Gasteiger partial charge in [0.25, 0.3) is 0 Å². The topological polar surface area (TPSA) is 78.9 Å². The molecule has 0 saturated carbocycles. The van der Waals surface area contributed by atoms with Crippen molar-refractivity contribution in [3.05, 3.63) is 109 Å². The molecule has 0 aliphatic rings. The van der Waals surface area contributed by atoms with Crippen molar-refractivity contribution in [2.24, 2.45) is 0 Å².